The van der Waals surface area contributed by atoms with Crippen LogP contribution in [0.5, 0.6) is 0 Å². The molecule has 0 radical (unpaired) electrons. The van der Waals surface area contributed by atoms with Gasteiger partial charge in [0.1, 0.15) is 0 Å². The summed E-state index contributed by atoms with van der Waals surface area (Å²) in [5.41, 5.74) is 1.31. The molecule has 0 bridgehead atoms. The molecule has 2 unspecified atom stereocenters. The Morgan fingerprint density at radius 2 is 2.10 bits per heavy atom. The molecule has 21 heavy (non-hydrogen) atoms. The third-order valence-electron chi connectivity index (χ3n) is 3.86. The summed E-state index contributed by atoms with van der Waals surface area (Å²) < 4.78 is 1.99. The second-order valence-electron chi connectivity index (χ2n) is 5.38. The minimum Gasteiger partial charge on any atom is -0.312 e. The van der Waals surface area contributed by atoms with E-state index >= 15 is 0 Å². The summed E-state index contributed by atoms with van der Waals surface area (Å²) in [6, 6.07) is 11.4. The van der Waals surface area contributed by atoms with Gasteiger partial charge in [0, 0.05) is 11.3 Å². The molecule has 1 aromatic heterocycles. The molecular formula is C15H21N5S. The monoisotopic (exact) mass is 303 g/mol. The van der Waals surface area contributed by atoms with Crippen LogP contribution < -0.4 is 5.32 Å². The first-order valence-corrected chi connectivity index (χ1v) is 8.38. The lowest BCUT2D eigenvalue weighted by atomic mass is 10.0. The first-order valence-electron chi connectivity index (χ1n) is 7.50. The van der Waals surface area contributed by atoms with Crippen LogP contribution in [0.1, 0.15) is 43.8 Å². The molecule has 5 nitrogen and oxygen atoms in total. The van der Waals surface area contributed by atoms with E-state index in [9.17, 15) is 0 Å². The summed E-state index contributed by atoms with van der Waals surface area (Å²) in [7, 11) is 2.02. The number of benzene rings is 1. The van der Waals surface area contributed by atoms with Crippen molar-refractivity contribution in [2.45, 2.75) is 48.7 Å². The fraction of sp³-hybridized carbons (Fsp3) is 0.533. The van der Waals surface area contributed by atoms with Gasteiger partial charge in [-0.15, -0.1) is 5.10 Å². The summed E-state index contributed by atoms with van der Waals surface area (Å²) in [6.07, 6.45) is 3.45. The van der Waals surface area contributed by atoms with E-state index in [1.165, 1.54) is 18.4 Å². The second kappa shape index (κ2) is 6.58. The Hall–Kier alpha value is -1.40. The largest absolute Gasteiger partial charge is 0.312 e. The molecule has 1 aromatic carbocycles. The molecular weight excluding hydrogens is 282 g/mol. The molecule has 0 saturated heterocycles. The van der Waals surface area contributed by atoms with Crippen LogP contribution in [-0.4, -0.2) is 32.5 Å². The molecule has 2 aromatic rings. The third-order valence-corrected chi connectivity index (χ3v) is 5.24. The number of rotatable bonds is 7. The quantitative estimate of drug-likeness (QED) is 0.797. The Labute approximate surface area is 129 Å². The summed E-state index contributed by atoms with van der Waals surface area (Å²) in [6.45, 7) is 2.22. The third kappa shape index (κ3) is 3.27. The van der Waals surface area contributed by atoms with Crippen LogP contribution in [0.3, 0.4) is 0 Å². The Bertz CT molecular complexity index is 566. The molecule has 3 rings (SSSR count). The average Bonchev–Trinajstić information content (AvgIpc) is 3.27. The minimum atomic E-state index is 0.297. The van der Waals surface area contributed by atoms with Gasteiger partial charge in [-0.25, -0.2) is 4.68 Å². The first-order chi connectivity index (χ1) is 10.3. The maximum absolute atomic E-state index is 4.21. The number of thioether (sulfide) groups is 1. The number of aromatic nitrogens is 4. The van der Waals surface area contributed by atoms with Crippen molar-refractivity contribution in [3.05, 3.63) is 35.9 Å². The highest BCUT2D eigenvalue weighted by Gasteiger charge is 2.30. The first kappa shape index (κ1) is 14.5. The molecule has 0 aliphatic heterocycles. The lowest BCUT2D eigenvalue weighted by Gasteiger charge is -2.25. The number of nitrogens with one attached hydrogen (secondary N) is 1. The zero-order chi connectivity index (χ0) is 14.7. The topological polar surface area (TPSA) is 55.6 Å². The van der Waals surface area contributed by atoms with E-state index in [0.29, 0.717) is 17.3 Å². The fourth-order valence-corrected chi connectivity index (χ4v) is 3.81. The van der Waals surface area contributed by atoms with Crippen molar-refractivity contribution in [3.8, 4) is 0 Å². The van der Waals surface area contributed by atoms with Crippen LogP contribution in [0.2, 0.25) is 0 Å². The summed E-state index contributed by atoms with van der Waals surface area (Å²) in [5, 5.41) is 17.0. The lowest BCUT2D eigenvalue weighted by Crippen LogP contribution is -2.27. The van der Waals surface area contributed by atoms with Crippen LogP contribution >= 0.6 is 11.8 Å². The standard InChI is InChI=1S/C15H21N5S/c1-3-13(14(16-2)11-7-5-4-6-8-11)21-15-17-18-19-20(15)12-9-10-12/h4-8,12-14,16H,3,9-10H2,1-2H3. The van der Waals surface area contributed by atoms with Gasteiger partial charge in [0.2, 0.25) is 5.16 Å². The molecule has 0 spiro atoms. The van der Waals surface area contributed by atoms with Crippen molar-refractivity contribution in [2.24, 2.45) is 0 Å². The van der Waals surface area contributed by atoms with Gasteiger partial charge in [-0.05, 0) is 42.3 Å². The van der Waals surface area contributed by atoms with E-state index in [4.69, 9.17) is 0 Å². The van der Waals surface area contributed by atoms with Crippen LogP contribution in [0, 0.1) is 0 Å². The maximum Gasteiger partial charge on any atom is 0.209 e. The number of tetrazole rings is 1. The minimum absolute atomic E-state index is 0.297. The highest BCUT2D eigenvalue weighted by molar-refractivity contribution is 7.99. The zero-order valence-electron chi connectivity index (χ0n) is 12.4. The van der Waals surface area contributed by atoms with E-state index in [1.54, 1.807) is 11.8 Å². The highest BCUT2D eigenvalue weighted by atomic mass is 32.2. The zero-order valence-corrected chi connectivity index (χ0v) is 13.3. The summed E-state index contributed by atoms with van der Waals surface area (Å²) in [5.74, 6) is 0. The smallest absolute Gasteiger partial charge is 0.209 e. The van der Waals surface area contributed by atoms with Gasteiger partial charge in [0.25, 0.3) is 0 Å². The number of hydrogen-bond donors (Lipinski definition) is 1. The predicted octanol–water partition coefficient (Wildman–Crippen LogP) is 2.84. The molecule has 6 heteroatoms. The molecule has 1 fully saturated rings. The SMILES string of the molecule is CCC(Sc1nnnn1C1CC1)C(NC)c1ccccc1. The van der Waals surface area contributed by atoms with E-state index in [1.807, 2.05) is 11.7 Å². The Kier molecular flexibility index (Phi) is 4.55. The van der Waals surface area contributed by atoms with Gasteiger partial charge in [-0.2, -0.15) is 0 Å². The molecule has 2 atom stereocenters. The highest BCUT2D eigenvalue weighted by Crippen LogP contribution is 2.39. The molecule has 1 N–H and O–H groups in total. The van der Waals surface area contributed by atoms with Gasteiger partial charge in [0.05, 0.1) is 6.04 Å². The van der Waals surface area contributed by atoms with E-state index in [2.05, 4.69) is 58.1 Å². The number of hydrogen-bond acceptors (Lipinski definition) is 5. The van der Waals surface area contributed by atoms with Crippen LogP contribution in [-0.2, 0) is 0 Å². The Balaban J connectivity index is 1.78. The molecule has 1 heterocycles. The fourth-order valence-electron chi connectivity index (χ4n) is 2.56. The Morgan fingerprint density at radius 3 is 2.71 bits per heavy atom. The normalized spacial score (nSPS) is 17.6. The molecule has 1 aliphatic carbocycles. The average molecular weight is 303 g/mol. The van der Waals surface area contributed by atoms with Crippen molar-refractivity contribution in [2.75, 3.05) is 7.05 Å². The van der Waals surface area contributed by atoms with E-state index in [0.717, 1.165) is 11.6 Å². The Morgan fingerprint density at radius 1 is 1.33 bits per heavy atom. The van der Waals surface area contributed by atoms with E-state index < -0.39 is 0 Å². The lowest BCUT2D eigenvalue weighted by molar-refractivity contribution is 0.542. The number of nitrogens with zero attached hydrogens (tertiary/aromatic N) is 4. The predicted molar refractivity (Wildman–Crippen MR) is 84.3 cm³/mol. The molecule has 1 saturated carbocycles. The summed E-state index contributed by atoms with van der Waals surface area (Å²) in [4.78, 5) is 0. The summed E-state index contributed by atoms with van der Waals surface area (Å²) >= 11 is 1.78. The van der Waals surface area contributed by atoms with Gasteiger partial charge in [-0.1, -0.05) is 49.0 Å². The molecule has 1 aliphatic rings. The van der Waals surface area contributed by atoms with Gasteiger partial charge in [0.15, 0.2) is 0 Å². The van der Waals surface area contributed by atoms with Crippen LogP contribution in [0.15, 0.2) is 35.5 Å². The molecule has 112 valence electrons. The molecule has 0 amide bonds. The van der Waals surface area contributed by atoms with Gasteiger partial charge in [-0.3, -0.25) is 0 Å². The maximum atomic E-state index is 4.21. The van der Waals surface area contributed by atoms with Crippen molar-refractivity contribution in [1.82, 2.24) is 25.5 Å². The van der Waals surface area contributed by atoms with Crippen molar-refractivity contribution >= 4 is 11.8 Å². The second-order valence-corrected chi connectivity index (χ2v) is 6.59. The van der Waals surface area contributed by atoms with Gasteiger partial charge >= 0.3 is 0 Å². The van der Waals surface area contributed by atoms with Crippen molar-refractivity contribution in [3.63, 3.8) is 0 Å². The van der Waals surface area contributed by atoms with Crippen LogP contribution in [0.4, 0.5) is 0 Å². The van der Waals surface area contributed by atoms with Crippen LogP contribution in [0.25, 0.3) is 0 Å². The van der Waals surface area contributed by atoms with Crippen molar-refractivity contribution < 1.29 is 0 Å². The van der Waals surface area contributed by atoms with Gasteiger partial charge < -0.3 is 5.32 Å². The van der Waals surface area contributed by atoms with E-state index in [-0.39, 0.29) is 0 Å². The van der Waals surface area contributed by atoms with Crippen molar-refractivity contribution in [1.29, 1.82) is 0 Å².